The predicted octanol–water partition coefficient (Wildman–Crippen LogP) is 3.56. The van der Waals surface area contributed by atoms with Gasteiger partial charge in [-0.2, -0.15) is 0 Å². The van der Waals surface area contributed by atoms with Gasteiger partial charge in [0.25, 0.3) is 0 Å². The zero-order chi connectivity index (χ0) is 18.0. The van der Waals surface area contributed by atoms with Gasteiger partial charge in [0.15, 0.2) is 0 Å². The average molecular weight is 345 g/mol. The molecule has 2 unspecified atom stereocenters. The normalized spacial score (nSPS) is 23.5. The molecule has 2 atom stereocenters. The standard InChI is InChI=1S/C20H31N3O2/c1-20(2,3)25-19(24)22-16-6-7-17-15(11-16)5-8-18(17)21-12-14-9-10-23(4)13-14/h6-7,11,14,18,21H,5,8-10,12-13H2,1-4H3,(H,22,24). The maximum atomic E-state index is 11.9. The Balaban J connectivity index is 1.56. The van der Waals surface area contributed by atoms with Gasteiger partial charge in [-0.25, -0.2) is 4.79 Å². The van der Waals surface area contributed by atoms with E-state index in [1.54, 1.807) is 0 Å². The number of nitrogens with zero attached hydrogens (tertiary/aromatic N) is 1. The fourth-order valence-corrected chi connectivity index (χ4v) is 3.83. The van der Waals surface area contributed by atoms with Crippen LogP contribution < -0.4 is 10.6 Å². The summed E-state index contributed by atoms with van der Waals surface area (Å²) in [6.45, 7) is 9.11. The molecule has 0 aromatic heterocycles. The van der Waals surface area contributed by atoms with Crippen LogP contribution in [0, 0.1) is 5.92 Å². The van der Waals surface area contributed by atoms with E-state index in [1.165, 1.54) is 30.6 Å². The molecule has 25 heavy (non-hydrogen) atoms. The third-order valence-corrected chi connectivity index (χ3v) is 5.01. The smallest absolute Gasteiger partial charge is 0.412 e. The summed E-state index contributed by atoms with van der Waals surface area (Å²) in [5.74, 6) is 0.766. The number of aryl methyl sites for hydroxylation is 1. The molecule has 1 aromatic carbocycles. The van der Waals surface area contributed by atoms with Crippen LogP contribution in [-0.2, 0) is 11.2 Å². The molecule has 1 amide bonds. The molecule has 0 radical (unpaired) electrons. The lowest BCUT2D eigenvalue weighted by atomic mass is 10.1. The summed E-state index contributed by atoms with van der Waals surface area (Å²) in [5.41, 5.74) is 3.03. The van der Waals surface area contributed by atoms with E-state index >= 15 is 0 Å². The Morgan fingerprint density at radius 2 is 2.12 bits per heavy atom. The lowest BCUT2D eigenvalue weighted by Gasteiger charge is -2.20. The van der Waals surface area contributed by atoms with Crippen molar-refractivity contribution in [2.45, 2.75) is 51.7 Å². The number of hydrogen-bond acceptors (Lipinski definition) is 4. The van der Waals surface area contributed by atoms with Crippen LogP contribution in [0.2, 0.25) is 0 Å². The molecule has 0 saturated carbocycles. The Hall–Kier alpha value is -1.59. The van der Waals surface area contributed by atoms with Crippen LogP contribution in [0.4, 0.5) is 10.5 Å². The van der Waals surface area contributed by atoms with Crippen molar-refractivity contribution in [2.24, 2.45) is 5.92 Å². The molecule has 138 valence electrons. The molecule has 2 aliphatic rings. The number of hydrogen-bond donors (Lipinski definition) is 2. The fourth-order valence-electron chi connectivity index (χ4n) is 3.83. The Labute approximate surface area is 151 Å². The zero-order valence-electron chi connectivity index (χ0n) is 15.9. The van der Waals surface area contributed by atoms with E-state index in [4.69, 9.17) is 4.74 Å². The fraction of sp³-hybridized carbons (Fsp3) is 0.650. The van der Waals surface area contributed by atoms with E-state index in [1.807, 2.05) is 26.8 Å². The lowest BCUT2D eigenvalue weighted by Crippen LogP contribution is -2.28. The van der Waals surface area contributed by atoms with Crippen LogP contribution in [0.1, 0.15) is 50.8 Å². The number of nitrogens with one attached hydrogen (secondary N) is 2. The third kappa shape index (κ3) is 4.95. The Morgan fingerprint density at radius 1 is 1.32 bits per heavy atom. The number of likely N-dealkylation sites (tertiary alicyclic amines) is 1. The molecule has 1 aromatic rings. The summed E-state index contributed by atoms with van der Waals surface area (Å²) in [5, 5.41) is 6.59. The van der Waals surface area contributed by atoms with Crippen LogP contribution in [0.25, 0.3) is 0 Å². The first-order chi connectivity index (χ1) is 11.8. The average Bonchev–Trinajstić information content (AvgIpc) is 3.09. The van der Waals surface area contributed by atoms with Crippen LogP contribution in [-0.4, -0.2) is 43.3 Å². The molecule has 1 heterocycles. The van der Waals surface area contributed by atoms with Crippen molar-refractivity contribution >= 4 is 11.8 Å². The van der Waals surface area contributed by atoms with Gasteiger partial charge in [-0.1, -0.05) is 6.07 Å². The van der Waals surface area contributed by atoms with E-state index < -0.39 is 11.7 Å². The number of amides is 1. The first-order valence-corrected chi connectivity index (χ1v) is 9.35. The summed E-state index contributed by atoms with van der Waals surface area (Å²) in [6.07, 6.45) is 3.09. The third-order valence-electron chi connectivity index (χ3n) is 5.01. The molecule has 5 nitrogen and oxygen atoms in total. The second kappa shape index (κ2) is 7.34. The Kier molecular flexibility index (Phi) is 5.35. The van der Waals surface area contributed by atoms with Crippen molar-refractivity contribution < 1.29 is 9.53 Å². The first-order valence-electron chi connectivity index (χ1n) is 9.35. The van der Waals surface area contributed by atoms with Crippen molar-refractivity contribution in [3.05, 3.63) is 29.3 Å². The maximum absolute atomic E-state index is 11.9. The molecule has 1 aliphatic heterocycles. The molecule has 1 saturated heterocycles. The molecule has 0 spiro atoms. The van der Waals surface area contributed by atoms with Crippen molar-refractivity contribution in [1.82, 2.24) is 10.2 Å². The highest BCUT2D eigenvalue weighted by Gasteiger charge is 2.25. The van der Waals surface area contributed by atoms with Crippen molar-refractivity contribution in [2.75, 3.05) is 32.0 Å². The molecule has 2 N–H and O–H groups in total. The van der Waals surface area contributed by atoms with Gasteiger partial charge < -0.3 is 15.0 Å². The highest BCUT2D eigenvalue weighted by Crippen LogP contribution is 2.33. The minimum atomic E-state index is -0.482. The minimum Gasteiger partial charge on any atom is -0.444 e. The molecule has 5 heteroatoms. The topological polar surface area (TPSA) is 53.6 Å². The molecule has 1 fully saturated rings. The van der Waals surface area contributed by atoms with E-state index in [-0.39, 0.29) is 0 Å². The van der Waals surface area contributed by atoms with Gasteiger partial charge in [0, 0.05) is 18.3 Å². The highest BCUT2D eigenvalue weighted by atomic mass is 16.6. The lowest BCUT2D eigenvalue weighted by molar-refractivity contribution is 0.0636. The maximum Gasteiger partial charge on any atom is 0.412 e. The highest BCUT2D eigenvalue weighted by molar-refractivity contribution is 5.85. The molecule has 0 bridgehead atoms. The predicted molar refractivity (Wildman–Crippen MR) is 101 cm³/mol. The Morgan fingerprint density at radius 3 is 2.80 bits per heavy atom. The zero-order valence-corrected chi connectivity index (χ0v) is 15.9. The van der Waals surface area contributed by atoms with Crippen LogP contribution in [0.3, 0.4) is 0 Å². The minimum absolute atomic E-state index is 0.398. The monoisotopic (exact) mass is 345 g/mol. The Bertz CT molecular complexity index is 624. The number of ether oxygens (including phenoxy) is 1. The van der Waals surface area contributed by atoms with Crippen LogP contribution in [0.5, 0.6) is 0 Å². The number of carbonyl (C=O) groups excluding carboxylic acids is 1. The summed E-state index contributed by atoms with van der Waals surface area (Å²) >= 11 is 0. The second-order valence-electron chi connectivity index (χ2n) is 8.46. The van der Waals surface area contributed by atoms with E-state index in [2.05, 4.69) is 34.7 Å². The van der Waals surface area contributed by atoms with Gasteiger partial charge in [-0.05, 0) is 89.3 Å². The van der Waals surface area contributed by atoms with Gasteiger partial charge in [-0.15, -0.1) is 0 Å². The number of benzene rings is 1. The van der Waals surface area contributed by atoms with Crippen LogP contribution in [0.15, 0.2) is 18.2 Å². The number of carbonyl (C=O) groups is 1. The van der Waals surface area contributed by atoms with E-state index in [9.17, 15) is 4.79 Å². The van der Waals surface area contributed by atoms with Crippen molar-refractivity contribution in [3.8, 4) is 0 Å². The number of anilines is 1. The summed E-state index contributed by atoms with van der Waals surface area (Å²) in [4.78, 5) is 14.3. The molecular formula is C20H31N3O2. The molecular weight excluding hydrogens is 314 g/mol. The first kappa shape index (κ1) is 18.2. The van der Waals surface area contributed by atoms with Gasteiger partial charge in [0.2, 0.25) is 0 Å². The van der Waals surface area contributed by atoms with Crippen LogP contribution >= 0.6 is 0 Å². The summed E-state index contributed by atoms with van der Waals surface area (Å²) < 4.78 is 5.32. The van der Waals surface area contributed by atoms with E-state index in [0.717, 1.165) is 31.0 Å². The second-order valence-corrected chi connectivity index (χ2v) is 8.46. The quantitative estimate of drug-likeness (QED) is 0.876. The largest absolute Gasteiger partial charge is 0.444 e. The van der Waals surface area contributed by atoms with E-state index in [0.29, 0.717) is 6.04 Å². The molecule has 1 aliphatic carbocycles. The number of fused-ring (bicyclic) bond motifs is 1. The molecule has 3 rings (SSSR count). The van der Waals surface area contributed by atoms with Crippen molar-refractivity contribution in [3.63, 3.8) is 0 Å². The van der Waals surface area contributed by atoms with Gasteiger partial charge in [0.05, 0.1) is 0 Å². The summed E-state index contributed by atoms with van der Waals surface area (Å²) in [6, 6.07) is 6.65. The number of rotatable bonds is 4. The summed E-state index contributed by atoms with van der Waals surface area (Å²) in [7, 11) is 2.20. The SMILES string of the molecule is CN1CCC(CNC2CCc3cc(NC(=O)OC(C)(C)C)ccc32)C1. The van der Waals surface area contributed by atoms with Gasteiger partial charge >= 0.3 is 6.09 Å². The van der Waals surface area contributed by atoms with Crippen molar-refractivity contribution in [1.29, 1.82) is 0 Å². The van der Waals surface area contributed by atoms with Gasteiger partial charge in [0.1, 0.15) is 5.60 Å². The van der Waals surface area contributed by atoms with Gasteiger partial charge in [-0.3, -0.25) is 5.32 Å².